The molecule has 1 amide bonds. The summed E-state index contributed by atoms with van der Waals surface area (Å²) in [4.78, 5) is 16.2. The molecule has 3 rings (SSSR count). The fourth-order valence-corrected chi connectivity index (χ4v) is 3.20. The molecule has 5 heteroatoms. The number of anilines is 1. The van der Waals surface area contributed by atoms with Gasteiger partial charge in [0, 0.05) is 12.4 Å². The van der Waals surface area contributed by atoms with Crippen LogP contribution in [0.2, 0.25) is 0 Å². The average Bonchev–Trinajstić information content (AvgIpc) is 3.00. The number of nitrogens with one attached hydrogen (secondary N) is 1. The minimum atomic E-state index is 0.105. The number of carbonyl (C=O) groups excluding carboxylic acids is 1. The van der Waals surface area contributed by atoms with E-state index in [9.17, 15) is 4.79 Å². The Bertz CT molecular complexity index is 545. The van der Waals surface area contributed by atoms with Crippen LogP contribution in [-0.4, -0.2) is 26.3 Å². The van der Waals surface area contributed by atoms with Crippen LogP contribution in [0.15, 0.2) is 30.6 Å². The Morgan fingerprint density at radius 2 is 2.47 bits per heavy atom. The second-order valence-corrected chi connectivity index (χ2v) is 5.37. The number of nitrogens with zero attached hydrogens (tertiary/aromatic N) is 2. The second kappa shape index (κ2) is 4.41. The summed E-state index contributed by atoms with van der Waals surface area (Å²) in [5.74, 6) is 1.99. The maximum Gasteiger partial charge on any atom is 0.238 e. The Hall–Kier alpha value is -1.49. The number of aromatic nitrogens is 2. The van der Waals surface area contributed by atoms with Crippen LogP contribution in [0.25, 0.3) is 5.65 Å². The monoisotopic (exact) mass is 247 g/mol. The van der Waals surface area contributed by atoms with Gasteiger partial charge in [-0.3, -0.25) is 9.20 Å². The molecule has 2 aromatic rings. The number of imidazole rings is 1. The summed E-state index contributed by atoms with van der Waals surface area (Å²) in [7, 11) is 0. The van der Waals surface area contributed by atoms with Crippen molar-refractivity contribution < 1.29 is 4.79 Å². The number of carbonyl (C=O) groups is 1. The molecule has 0 saturated carbocycles. The molecule has 17 heavy (non-hydrogen) atoms. The van der Waals surface area contributed by atoms with Crippen molar-refractivity contribution >= 4 is 29.1 Å². The van der Waals surface area contributed by atoms with Gasteiger partial charge in [0.1, 0.15) is 11.5 Å². The van der Waals surface area contributed by atoms with E-state index in [1.165, 1.54) is 0 Å². The second-order valence-electron chi connectivity index (χ2n) is 4.06. The van der Waals surface area contributed by atoms with E-state index in [0.29, 0.717) is 0 Å². The Labute approximate surface area is 103 Å². The smallest absolute Gasteiger partial charge is 0.238 e. The third-order valence-corrected chi connectivity index (χ3v) is 4.28. The number of fused-ring (bicyclic) bond motifs is 1. The van der Waals surface area contributed by atoms with Gasteiger partial charge in [-0.2, -0.15) is 0 Å². The molecule has 1 aliphatic heterocycles. The van der Waals surface area contributed by atoms with E-state index in [2.05, 4.69) is 10.3 Å². The van der Waals surface area contributed by atoms with Gasteiger partial charge < -0.3 is 5.32 Å². The van der Waals surface area contributed by atoms with Crippen LogP contribution in [0.5, 0.6) is 0 Å². The van der Waals surface area contributed by atoms with E-state index < -0.39 is 0 Å². The SMILES string of the molecule is O=C(Nc1cccc2nccn12)C1CCCS1. The maximum atomic E-state index is 12.0. The molecule has 1 aliphatic rings. The van der Waals surface area contributed by atoms with E-state index in [-0.39, 0.29) is 11.2 Å². The van der Waals surface area contributed by atoms with Crippen molar-refractivity contribution in [1.82, 2.24) is 9.38 Å². The fraction of sp³-hybridized carbons (Fsp3) is 0.333. The number of hydrogen-bond donors (Lipinski definition) is 1. The van der Waals surface area contributed by atoms with Crippen molar-refractivity contribution in [2.75, 3.05) is 11.1 Å². The Morgan fingerprint density at radius 3 is 3.29 bits per heavy atom. The molecule has 0 radical (unpaired) electrons. The van der Waals surface area contributed by atoms with E-state index in [1.807, 2.05) is 28.8 Å². The van der Waals surface area contributed by atoms with Gasteiger partial charge in [-0.25, -0.2) is 4.98 Å². The summed E-state index contributed by atoms with van der Waals surface area (Å²) in [5.41, 5.74) is 0.849. The van der Waals surface area contributed by atoms with Gasteiger partial charge in [0.2, 0.25) is 5.91 Å². The molecule has 4 nitrogen and oxygen atoms in total. The van der Waals surface area contributed by atoms with Gasteiger partial charge in [0.15, 0.2) is 0 Å². The number of amides is 1. The average molecular weight is 247 g/mol. The van der Waals surface area contributed by atoms with Crippen molar-refractivity contribution in [1.29, 1.82) is 0 Å². The van der Waals surface area contributed by atoms with Gasteiger partial charge >= 0.3 is 0 Å². The van der Waals surface area contributed by atoms with Crippen LogP contribution in [0.1, 0.15) is 12.8 Å². The first kappa shape index (κ1) is 10.7. The molecule has 0 aliphatic carbocycles. The molecule has 1 N–H and O–H groups in total. The summed E-state index contributed by atoms with van der Waals surface area (Å²) in [6.45, 7) is 0. The van der Waals surface area contributed by atoms with Gasteiger partial charge in [-0.15, -0.1) is 11.8 Å². The molecule has 1 saturated heterocycles. The van der Waals surface area contributed by atoms with Crippen LogP contribution in [0.3, 0.4) is 0 Å². The summed E-state index contributed by atoms with van der Waals surface area (Å²) in [6, 6.07) is 5.71. The van der Waals surface area contributed by atoms with Crippen LogP contribution >= 0.6 is 11.8 Å². The molecule has 0 bridgehead atoms. The van der Waals surface area contributed by atoms with Crippen molar-refractivity contribution in [3.63, 3.8) is 0 Å². The van der Waals surface area contributed by atoms with Crippen molar-refractivity contribution in [3.8, 4) is 0 Å². The molecule has 1 atom stereocenters. The van der Waals surface area contributed by atoms with Crippen LogP contribution < -0.4 is 5.32 Å². The minimum Gasteiger partial charge on any atom is -0.311 e. The topological polar surface area (TPSA) is 46.4 Å². The largest absolute Gasteiger partial charge is 0.311 e. The lowest BCUT2D eigenvalue weighted by Gasteiger charge is -2.11. The molecule has 1 fully saturated rings. The summed E-state index contributed by atoms with van der Waals surface area (Å²) < 4.78 is 1.89. The van der Waals surface area contributed by atoms with Crippen LogP contribution in [0, 0.1) is 0 Å². The quantitative estimate of drug-likeness (QED) is 0.884. The highest BCUT2D eigenvalue weighted by atomic mass is 32.2. The van der Waals surface area contributed by atoms with Gasteiger partial charge in [-0.05, 0) is 30.7 Å². The molecule has 0 spiro atoms. The molecular formula is C12H13N3OS. The molecule has 2 aromatic heterocycles. The lowest BCUT2D eigenvalue weighted by molar-refractivity contribution is -0.115. The Balaban J connectivity index is 1.84. The summed E-state index contributed by atoms with van der Waals surface area (Å²) in [5, 5.41) is 3.08. The van der Waals surface area contributed by atoms with E-state index >= 15 is 0 Å². The number of rotatable bonds is 2. The molecule has 88 valence electrons. The molecule has 1 unspecified atom stereocenters. The zero-order valence-electron chi connectivity index (χ0n) is 9.30. The predicted molar refractivity (Wildman–Crippen MR) is 69.3 cm³/mol. The van der Waals surface area contributed by atoms with Crippen LogP contribution in [-0.2, 0) is 4.79 Å². The zero-order valence-corrected chi connectivity index (χ0v) is 10.1. The number of thioether (sulfide) groups is 1. The zero-order chi connectivity index (χ0) is 11.7. The molecular weight excluding hydrogens is 234 g/mol. The first-order chi connectivity index (χ1) is 8.34. The highest BCUT2D eigenvalue weighted by Crippen LogP contribution is 2.27. The summed E-state index contributed by atoms with van der Waals surface area (Å²) in [6.07, 6.45) is 5.70. The predicted octanol–water partition coefficient (Wildman–Crippen LogP) is 2.17. The van der Waals surface area contributed by atoms with Gasteiger partial charge in [-0.1, -0.05) is 6.07 Å². The van der Waals surface area contributed by atoms with Crippen molar-refractivity contribution in [3.05, 3.63) is 30.6 Å². The van der Waals surface area contributed by atoms with Crippen molar-refractivity contribution in [2.24, 2.45) is 0 Å². The minimum absolute atomic E-state index is 0.105. The third kappa shape index (κ3) is 2.02. The highest BCUT2D eigenvalue weighted by Gasteiger charge is 2.23. The van der Waals surface area contributed by atoms with E-state index in [0.717, 1.165) is 30.1 Å². The normalized spacial score (nSPS) is 19.6. The molecule has 3 heterocycles. The van der Waals surface area contributed by atoms with E-state index in [1.54, 1.807) is 18.0 Å². The Kier molecular flexibility index (Phi) is 2.76. The first-order valence-electron chi connectivity index (χ1n) is 5.69. The maximum absolute atomic E-state index is 12.0. The van der Waals surface area contributed by atoms with Gasteiger partial charge in [0.25, 0.3) is 0 Å². The molecule has 0 aromatic carbocycles. The first-order valence-corrected chi connectivity index (χ1v) is 6.74. The fourth-order valence-electron chi connectivity index (χ4n) is 2.04. The third-order valence-electron chi connectivity index (χ3n) is 2.90. The summed E-state index contributed by atoms with van der Waals surface area (Å²) >= 11 is 1.74. The lowest BCUT2D eigenvalue weighted by Crippen LogP contribution is -2.23. The van der Waals surface area contributed by atoms with Gasteiger partial charge in [0.05, 0.1) is 5.25 Å². The number of hydrogen-bond acceptors (Lipinski definition) is 3. The Morgan fingerprint density at radius 1 is 1.53 bits per heavy atom. The lowest BCUT2D eigenvalue weighted by atomic mass is 10.2. The van der Waals surface area contributed by atoms with Crippen LogP contribution in [0.4, 0.5) is 5.82 Å². The highest BCUT2D eigenvalue weighted by molar-refractivity contribution is 8.00. The van der Waals surface area contributed by atoms with Crippen molar-refractivity contribution in [2.45, 2.75) is 18.1 Å². The standard InChI is InChI=1S/C12H13N3OS/c16-12(9-3-2-8-17-9)14-11-5-1-4-10-13-6-7-15(10)11/h1,4-7,9H,2-3,8H2,(H,14,16). The van der Waals surface area contributed by atoms with E-state index in [4.69, 9.17) is 0 Å². The number of pyridine rings is 1.